The van der Waals surface area contributed by atoms with Crippen LogP contribution >= 0.6 is 0 Å². The fourth-order valence-corrected chi connectivity index (χ4v) is 0.843. The molecule has 0 spiro atoms. The molecule has 0 aliphatic rings. The van der Waals surface area contributed by atoms with E-state index in [0.717, 1.165) is 13.1 Å². The molecule has 0 heterocycles. The summed E-state index contributed by atoms with van der Waals surface area (Å²) >= 11 is 0. The van der Waals surface area contributed by atoms with Crippen LogP contribution in [0.15, 0.2) is 12.2 Å². The second-order valence-corrected chi connectivity index (χ2v) is 3.13. The van der Waals surface area contributed by atoms with Gasteiger partial charge in [-0.15, -0.1) is 0 Å². The maximum Gasteiger partial charge on any atom is 0.246 e. The van der Waals surface area contributed by atoms with Crippen molar-refractivity contribution in [2.45, 2.75) is 6.92 Å². The largest absolute Gasteiger partial charge is 0.351 e. The lowest BCUT2D eigenvalue weighted by Crippen LogP contribution is -2.35. The highest BCUT2D eigenvalue weighted by atomic mass is 16.1. The highest BCUT2D eigenvalue weighted by Gasteiger charge is 2.01. The molecule has 0 aromatic rings. The zero-order chi connectivity index (χ0) is 10.3. The van der Waals surface area contributed by atoms with Gasteiger partial charge >= 0.3 is 0 Å². The molecule has 4 nitrogen and oxygen atoms in total. The molecule has 0 aliphatic carbocycles. The third kappa shape index (κ3) is 6.31. The first-order chi connectivity index (χ1) is 6.07. The molecule has 1 amide bonds. The fraction of sp³-hybridized carbons (Fsp3) is 0.667. The van der Waals surface area contributed by atoms with Crippen molar-refractivity contribution in [3.05, 3.63) is 12.2 Å². The van der Waals surface area contributed by atoms with Crippen molar-refractivity contribution in [1.82, 2.24) is 10.2 Å². The van der Waals surface area contributed by atoms with E-state index in [9.17, 15) is 4.79 Å². The summed E-state index contributed by atoms with van der Waals surface area (Å²) in [5, 5.41) is 2.75. The smallest absolute Gasteiger partial charge is 0.246 e. The van der Waals surface area contributed by atoms with Crippen LogP contribution in [-0.2, 0) is 4.79 Å². The van der Waals surface area contributed by atoms with Gasteiger partial charge in [0.15, 0.2) is 0 Å². The van der Waals surface area contributed by atoms with E-state index in [4.69, 9.17) is 5.73 Å². The highest BCUT2D eigenvalue weighted by Crippen LogP contribution is 1.85. The molecule has 0 aliphatic heterocycles. The van der Waals surface area contributed by atoms with Crippen molar-refractivity contribution in [3.8, 4) is 0 Å². The molecule has 0 aromatic carbocycles. The standard InChI is InChI=1S/C9H19N3O/c1-8(2)9(13)11-5-7-12(3)6-4-10/h1,4-7,10H2,2-3H3,(H,11,13). The third-order valence-corrected chi connectivity index (χ3v) is 1.68. The first-order valence-corrected chi connectivity index (χ1v) is 4.40. The number of nitrogens with two attached hydrogens (primary N) is 1. The molecule has 13 heavy (non-hydrogen) atoms. The van der Waals surface area contributed by atoms with E-state index in [1.807, 2.05) is 7.05 Å². The minimum atomic E-state index is -0.0823. The van der Waals surface area contributed by atoms with Gasteiger partial charge in [-0.05, 0) is 14.0 Å². The Hall–Kier alpha value is -0.870. The molecule has 76 valence electrons. The summed E-state index contributed by atoms with van der Waals surface area (Å²) in [6, 6.07) is 0. The van der Waals surface area contributed by atoms with E-state index >= 15 is 0 Å². The van der Waals surface area contributed by atoms with Gasteiger partial charge < -0.3 is 16.0 Å². The molecule has 4 heteroatoms. The molecule has 0 bridgehead atoms. The SMILES string of the molecule is C=C(C)C(=O)NCCN(C)CCN. The molecule has 0 rings (SSSR count). The van der Waals surface area contributed by atoms with Crippen LogP contribution in [0.2, 0.25) is 0 Å². The number of carbonyl (C=O) groups is 1. The van der Waals surface area contributed by atoms with Crippen LogP contribution in [0.3, 0.4) is 0 Å². The Kier molecular flexibility index (Phi) is 6.18. The number of amides is 1. The lowest BCUT2D eigenvalue weighted by atomic mass is 10.3. The number of likely N-dealkylation sites (N-methyl/N-ethyl adjacent to an activating group) is 1. The summed E-state index contributed by atoms with van der Waals surface area (Å²) in [6.45, 7) is 8.19. The van der Waals surface area contributed by atoms with Gasteiger partial charge in [-0.25, -0.2) is 0 Å². The number of hydrogen-bond donors (Lipinski definition) is 2. The zero-order valence-electron chi connectivity index (χ0n) is 8.47. The Morgan fingerprint density at radius 1 is 1.54 bits per heavy atom. The maximum absolute atomic E-state index is 11.0. The average molecular weight is 185 g/mol. The molecule has 0 saturated carbocycles. The van der Waals surface area contributed by atoms with Crippen molar-refractivity contribution < 1.29 is 4.79 Å². The number of rotatable bonds is 6. The topological polar surface area (TPSA) is 58.4 Å². The lowest BCUT2D eigenvalue weighted by molar-refractivity contribution is -0.117. The molecule has 0 aromatic heterocycles. The van der Waals surface area contributed by atoms with Gasteiger partial charge in [0, 0.05) is 31.8 Å². The second-order valence-electron chi connectivity index (χ2n) is 3.13. The molecule has 3 N–H and O–H groups in total. The van der Waals surface area contributed by atoms with Gasteiger partial charge in [0.2, 0.25) is 5.91 Å². The van der Waals surface area contributed by atoms with Gasteiger partial charge in [0.1, 0.15) is 0 Å². The number of nitrogens with zero attached hydrogens (tertiary/aromatic N) is 1. The minimum Gasteiger partial charge on any atom is -0.351 e. The van der Waals surface area contributed by atoms with E-state index in [1.165, 1.54) is 0 Å². The monoisotopic (exact) mass is 185 g/mol. The Morgan fingerprint density at radius 3 is 2.62 bits per heavy atom. The zero-order valence-corrected chi connectivity index (χ0v) is 8.47. The van der Waals surface area contributed by atoms with Crippen LogP contribution < -0.4 is 11.1 Å². The Labute approximate surface area is 79.8 Å². The molecular weight excluding hydrogens is 166 g/mol. The average Bonchev–Trinajstić information content (AvgIpc) is 2.04. The van der Waals surface area contributed by atoms with Crippen molar-refractivity contribution in [2.75, 3.05) is 33.2 Å². The van der Waals surface area contributed by atoms with Crippen LogP contribution in [0.25, 0.3) is 0 Å². The van der Waals surface area contributed by atoms with E-state index in [0.29, 0.717) is 18.7 Å². The van der Waals surface area contributed by atoms with Crippen molar-refractivity contribution in [3.63, 3.8) is 0 Å². The summed E-state index contributed by atoms with van der Waals surface area (Å²) < 4.78 is 0. The van der Waals surface area contributed by atoms with E-state index in [1.54, 1.807) is 6.92 Å². The normalized spacial score (nSPS) is 10.2. The number of hydrogen-bond acceptors (Lipinski definition) is 3. The third-order valence-electron chi connectivity index (χ3n) is 1.68. The molecule has 0 saturated heterocycles. The van der Waals surface area contributed by atoms with Crippen LogP contribution in [0, 0.1) is 0 Å². The van der Waals surface area contributed by atoms with Gasteiger partial charge in [-0.2, -0.15) is 0 Å². The summed E-state index contributed by atoms with van der Waals surface area (Å²) in [5.74, 6) is -0.0823. The van der Waals surface area contributed by atoms with Crippen molar-refractivity contribution in [2.24, 2.45) is 5.73 Å². The minimum absolute atomic E-state index is 0.0823. The second kappa shape index (κ2) is 6.62. The Morgan fingerprint density at radius 2 is 2.15 bits per heavy atom. The summed E-state index contributed by atoms with van der Waals surface area (Å²) in [4.78, 5) is 13.1. The van der Waals surface area contributed by atoms with Crippen LogP contribution in [0.1, 0.15) is 6.92 Å². The molecule has 0 fully saturated rings. The molecular formula is C9H19N3O. The molecule has 0 atom stereocenters. The van der Waals surface area contributed by atoms with Crippen molar-refractivity contribution in [1.29, 1.82) is 0 Å². The molecule has 0 radical (unpaired) electrons. The van der Waals surface area contributed by atoms with Crippen molar-refractivity contribution >= 4 is 5.91 Å². The first kappa shape index (κ1) is 12.1. The maximum atomic E-state index is 11.0. The number of nitrogens with one attached hydrogen (secondary N) is 1. The van der Waals surface area contributed by atoms with Crippen LogP contribution in [-0.4, -0.2) is 44.0 Å². The highest BCUT2D eigenvalue weighted by molar-refractivity contribution is 5.92. The summed E-state index contributed by atoms with van der Waals surface area (Å²) in [7, 11) is 1.97. The van der Waals surface area contributed by atoms with E-state index in [2.05, 4.69) is 16.8 Å². The predicted molar refractivity (Wildman–Crippen MR) is 54.4 cm³/mol. The van der Waals surface area contributed by atoms with Gasteiger partial charge in [-0.1, -0.05) is 6.58 Å². The van der Waals surface area contributed by atoms with Gasteiger partial charge in [0.25, 0.3) is 0 Å². The van der Waals surface area contributed by atoms with Gasteiger partial charge in [0.05, 0.1) is 0 Å². The first-order valence-electron chi connectivity index (χ1n) is 4.40. The number of carbonyl (C=O) groups excluding carboxylic acids is 1. The molecule has 0 unspecified atom stereocenters. The fourth-order valence-electron chi connectivity index (χ4n) is 0.843. The summed E-state index contributed by atoms with van der Waals surface area (Å²) in [6.07, 6.45) is 0. The Bertz CT molecular complexity index is 180. The van der Waals surface area contributed by atoms with Crippen LogP contribution in [0.4, 0.5) is 0 Å². The predicted octanol–water partition coefficient (Wildman–Crippen LogP) is -0.431. The Balaban J connectivity index is 3.44. The van der Waals surface area contributed by atoms with E-state index < -0.39 is 0 Å². The van der Waals surface area contributed by atoms with Crippen LogP contribution in [0.5, 0.6) is 0 Å². The van der Waals surface area contributed by atoms with E-state index in [-0.39, 0.29) is 5.91 Å². The summed E-state index contributed by atoms with van der Waals surface area (Å²) in [5.41, 5.74) is 5.91. The van der Waals surface area contributed by atoms with Gasteiger partial charge in [-0.3, -0.25) is 4.79 Å². The lowest BCUT2D eigenvalue weighted by Gasteiger charge is -2.15. The quantitative estimate of drug-likeness (QED) is 0.552.